The number of nitrogens with zero attached hydrogens (tertiary/aromatic N) is 2. The summed E-state index contributed by atoms with van der Waals surface area (Å²) in [4.78, 5) is 39.7. The predicted octanol–water partition coefficient (Wildman–Crippen LogP) is 2.86. The van der Waals surface area contributed by atoms with E-state index in [-0.39, 0.29) is 16.9 Å². The number of hydrogen-bond acceptors (Lipinski definition) is 5. The van der Waals surface area contributed by atoms with Gasteiger partial charge >= 0.3 is 5.69 Å². The van der Waals surface area contributed by atoms with Crippen LogP contribution in [-0.4, -0.2) is 31.5 Å². The van der Waals surface area contributed by atoms with Gasteiger partial charge in [0.2, 0.25) is 0 Å². The van der Waals surface area contributed by atoms with Gasteiger partial charge in [0.15, 0.2) is 0 Å². The summed E-state index contributed by atoms with van der Waals surface area (Å²) in [5, 5.41) is 10.5. The number of rotatable bonds is 4. The predicted molar refractivity (Wildman–Crippen MR) is 116 cm³/mol. The number of benzene rings is 2. The van der Waals surface area contributed by atoms with Crippen molar-refractivity contribution in [1.29, 1.82) is 0 Å². The van der Waals surface area contributed by atoms with Crippen molar-refractivity contribution in [2.45, 2.75) is 42.1 Å². The molecule has 0 bridgehead atoms. The lowest BCUT2D eigenvalue weighted by Gasteiger charge is -2.17. The zero-order valence-electron chi connectivity index (χ0n) is 16.5. The van der Waals surface area contributed by atoms with Crippen molar-refractivity contribution in [3.8, 4) is 0 Å². The van der Waals surface area contributed by atoms with Gasteiger partial charge < -0.3 is 5.11 Å². The molecular formula is C23H22N2O4S. The van der Waals surface area contributed by atoms with Crippen molar-refractivity contribution < 1.29 is 9.90 Å². The first-order chi connectivity index (χ1) is 14.5. The van der Waals surface area contributed by atoms with Crippen LogP contribution < -0.4 is 11.2 Å². The average molecular weight is 423 g/mol. The molecule has 4 rings (SSSR count). The van der Waals surface area contributed by atoms with Gasteiger partial charge in [0, 0.05) is 33.5 Å². The zero-order valence-corrected chi connectivity index (χ0v) is 17.3. The number of aryl methyl sites for hydroxylation is 1. The van der Waals surface area contributed by atoms with E-state index in [1.54, 1.807) is 49.0 Å². The average Bonchev–Trinajstić information content (AvgIpc) is 3.12. The number of thioether (sulfide) groups is 1. The van der Waals surface area contributed by atoms with Crippen LogP contribution in [0.1, 0.15) is 34.8 Å². The van der Waals surface area contributed by atoms with Crippen LogP contribution in [0, 0.1) is 6.92 Å². The SMILES string of the molecule is Cc1cn([C@@H]2C[C@@H](O)[C@H](Sc3ccccc3)C2)c(=O)n(C(=O)c2ccccc2)c1=O. The number of carbonyl (C=O) groups is 1. The van der Waals surface area contributed by atoms with Crippen LogP contribution in [0.2, 0.25) is 0 Å². The Bertz CT molecular complexity index is 1170. The summed E-state index contributed by atoms with van der Waals surface area (Å²) in [6.45, 7) is 1.59. The molecule has 1 aromatic heterocycles. The molecule has 0 aliphatic heterocycles. The summed E-state index contributed by atoms with van der Waals surface area (Å²) >= 11 is 1.58. The molecule has 1 fully saturated rings. The number of carbonyl (C=O) groups excluding carboxylic acids is 1. The summed E-state index contributed by atoms with van der Waals surface area (Å²) in [5.74, 6) is -0.642. The van der Waals surface area contributed by atoms with E-state index in [0.717, 1.165) is 4.90 Å². The highest BCUT2D eigenvalue weighted by Gasteiger charge is 2.36. The van der Waals surface area contributed by atoms with Crippen molar-refractivity contribution in [3.05, 3.63) is 98.8 Å². The minimum atomic E-state index is -0.665. The van der Waals surface area contributed by atoms with Crippen molar-refractivity contribution in [3.63, 3.8) is 0 Å². The molecule has 1 aliphatic rings. The molecular weight excluding hydrogens is 400 g/mol. The second-order valence-electron chi connectivity index (χ2n) is 7.48. The topological polar surface area (TPSA) is 81.3 Å². The lowest BCUT2D eigenvalue weighted by molar-refractivity contribution is 0.0947. The van der Waals surface area contributed by atoms with Crippen LogP contribution in [0.3, 0.4) is 0 Å². The van der Waals surface area contributed by atoms with E-state index in [4.69, 9.17) is 0 Å². The molecule has 2 aromatic carbocycles. The van der Waals surface area contributed by atoms with Crippen LogP contribution in [0.4, 0.5) is 0 Å². The van der Waals surface area contributed by atoms with Crippen LogP contribution in [0.5, 0.6) is 0 Å². The van der Waals surface area contributed by atoms with E-state index in [2.05, 4.69) is 0 Å². The molecule has 1 saturated carbocycles. The molecule has 3 atom stereocenters. The highest BCUT2D eigenvalue weighted by Crippen LogP contribution is 2.39. The van der Waals surface area contributed by atoms with Crippen molar-refractivity contribution in [1.82, 2.24) is 9.13 Å². The van der Waals surface area contributed by atoms with Crippen LogP contribution >= 0.6 is 11.8 Å². The molecule has 1 aliphatic carbocycles. The molecule has 0 unspecified atom stereocenters. The van der Waals surface area contributed by atoms with Gasteiger partial charge in [0.05, 0.1) is 6.10 Å². The third kappa shape index (κ3) is 3.91. The molecule has 154 valence electrons. The van der Waals surface area contributed by atoms with Gasteiger partial charge in [-0.3, -0.25) is 14.2 Å². The molecule has 1 heterocycles. The summed E-state index contributed by atoms with van der Waals surface area (Å²) < 4.78 is 2.14. The number of aliphatic hydroxyl groups is 1. The molecule has 0 radical (unpaired) electrons. The standard InChI is InChI=1S/C23H22N2O4S/c1-15-14-24(17-12-19(26)20(13-17)30-18-10-6-3-7-11-18)23(29)25(21(15)27)22(28)16-8-4-2-5-9-16/h2-11,14,17,19-20,26H,12-13H2,1H3/t17-,19-,20-/m1/s1. The van der Waals surface area contributed by atoms with Gasteiger partial charge in [-0.05, 0) is 44.0 Å². The van der Waals surface area contributed by atoms with Gasteiger partial charge in [-0.2, -0.15) is 4.57 Å². The van der Waals surface area contributed by atoms with Gasteiger partial charge in [0.25, 0.3) is 11.5 Å². The number of aliphatic hydroxyl groups excluding tert-OH is 1. The maximum Gasteiger partial charge on any atom is 0.338 e. The third-order valence-electron chi connectivity index (χ3n) is 5.38. The maximum atomic E-state index is 13.1. The minimum Gasteiger partial charge on any atom is -0.392 e. The van der Waals surface area contributed by atoms with E-state index >= 15 is 0 Å². The molecule has 6 nitrogen and oxygen atoms in total. The van der Waals surface area contributed by atoms with Crippen LogP contribution in [0.15, 0.2) is 81.3 Å². The van der Waals surface area contributed by atoms with Gasteiger partial charge in [-0.25, -0.2) is 4.79 Å². The fourth-order valence-corrected chi connectivity index (χ4v) is 5.08. The Balaban J connectivity index is 1.67. The minimum absolute atomic E-state index is 0.0743. The molecule has 1 N–H and O–H groups in total. The maximum absolute atomic E-state index is 13.1. The lowest BCUT2D eigenvalue weighted by atomic mass is 10.2. The Labute approximate surface area is 177 Å². The van der Waals surface area contributed by atoms with Gasteiger partial charge in [0.1, 0.15) is 0 Å². The fourth-order valence-electron chi connectivity index (χ4n) is 3.83. The Morgan fingerprint density at radius 2 is 1.63 bits per heavy atom. The summed E-state index contributed by atoms with van der Waals surface area (Å²) in [6, 6.07) is 17.8. The third-order valence-corrected chi connectivity index (χ3v) is 6.73. The molecule has 0 spiro atoms. The van der Waals surface area contributed by atoms with Crippen molar-refractivity contribution in [2.24, 2.45) is 0 Å². The first kappa shape index (κ1) is 20.4. The van der Waals surface area contributed by atoms with Crippen LogP contribution in [0.25, 0.3) is 0 Å². The second kappa shape index (κ2) is 8.45. The highest BCUT2D eigenvalue weighted by molar-refractivity contribution is 8.00. The Morgan fingerprint density at radius 3 is 2.30 bits per heavy atom. The molecule has 3 aromatic rings. The van der Waals surface area contributed by atoms with E-state index < -0.39 is 23.3 Å². The van der Waals surface area contributed by atoms with E-state index in [1.807, 2.05) is 30.3 Å². The first-order valence-electron chi connectivity index (χ1n) is 9.80. The Morgan fingerprint density at radius 1 is 1.00 bits per heavy atom. The lowest BCUT2D eigenvalue weighted by Crippen LogP contribution is -2.45. The molecule has 0 amide bonds. The summed E-state index contributed by atoms with van der Waals surface area (Å²) in [7, 11) is 0. The molecule has 0 saturated heterocycles. The van der Waals surface area contributed by atoms with Crippen LogP contribution in [-0.2, 0) is 0 Å². The Hall–Kier alpha value is -2.90. The van der Waals surface area contributed by atoms with Crippen molar-refractivity contribution in [2.75, 3.05) is 0 Å². The fraction of sp³-hybridized carbons (Fsp3) is 0.261. The van der Waals surface area contributed by atoms with Gasteiger partial charge in [-0.1, -0.05) is 36.4 Å². The van der Waals surface area contributed by atoms with Crippen molar-refractivity contribution >= 4 is 17.7 Å². The second-order valence-corrected chi connectivity index (χ2v) is 8.79. The van der Waals surface area contributed by atoms with E-state index in [0.29, 0.717) is 23.0 Å². The van der Waals surface area contributed by atoms with Gasteiger partial charge in [-0.15, -0.1) is 11.8 Å². The molecule has 7 heteroatoms. The molecule has 30 heavy (non-hydrogen) atoms. The zero-order chi connectivity index (χ0) is 21.3. The number of aromatic nitrogens is 2. The summed E-state index contributed by atoms with van der Waals surface area (Å²) in [6.07, 6.45) is 1.88. The first-order valence-corrected chi connectivity index (χ1v) is 10.7. The Kier molecular flexibility index (Phi) is 5.74. The smallest absolute Gasteiger partial charge is 0.338 e. The monoisotopic (exact) mass is 422 g/mol. The quantitative estimate of drug-likeness (QED) is 0.699. The summed E-state index contributed by atoms with van der Waals surface area (Å²) in [5.41, 5.74) is -0.689. The largest absolute Gasteiger partial charge is 0.392 e. The normalized spacial score (nSPS) is 20.9. The number of hydrogen-bond donors (Lipinski definition) is 1. The highest BCUT2D eigenvalue weighted by atomic mass is 32.2. The van der Waals surface area contributed by atoms with E-state index in [1.165, 1.54) is 10.8 Å². The van der Waals surface area contributed by atoms with E-state index in [9.17, 15) is 19.5 Å².